The summed E-state index contributed by atoms with van der Waals surface area (Å²) in [7, 11) is 3.95. The molecule has 0 spiro atoms. The van der Waals surface area contributed by atoms with E-state index >= 15 is 0 Å². The monoisotopic (exact) mass is 525 g/mol. The first kappa shape index (κ1) is 24.6. The number of guanidine groups is 1. The number of benzene rings is 2. The third-order valence-corrected chi connectivity index (χ3v) is 5.30. The summed E-state index contributed by atoms with van der Waals surface area (Å²) < 4.78 is 13.0. The van der Waals surface area contributed by atoms with Crippen LogP contribution in [0.4, 0.5) is 4.39 Å². The van der Waals surface area contributed by atoms with E-state index in [0.717, 1.165) is 31.2 Å². The van der Waals surface area contributed by atoms with Crippen LogP contribution in [0.5, 0.6) is 0 Å². The van der Waals surface area contributed by atoms with Crippen molar-refractivity contribution in [2.24, 2.45) is 4.99 Å². The minimum atomic E-state index is -0.220. The summed E-state index contributed by atoms with van der Waals surface area (Å²) in [6.07, 6.45) is 1.24. The van der Waals surface area contributed by atoms with E-state index in [2.05, 4.69) is 56.7 Å². The van der Waals surface area contributed by atoms with Gasteiger partial charge in [-0.15, -0.1) is 24.0 Å². The summed E-state index contributed by atoms with van der Waals surface area (Å²) >= 11 is 0. The third kappa shape index (κ3) is 8.20. The zero-order chi connectivity index (χ0) is 20.5. The summed E-state index contributed by atoms with van der Waals surface area (Å²) in [5, 5.41) is 6.59. The highest BCUT2D eigenvalue weighted by atomic mass is 127. The standard InChI is InChI=1S/C23H32FN5.HI/c1-25-23(27-17-20-8-10-22(24)11-9-20)26-16-19-4-6-21(7-5-19)18-29-13-3-12-28(2)14-15-29;/h4-11H,3,12-18H2,1-2H3,(H2,25,26,27);1H. The fourth-order valence-corrected chi connectivity index (χ4v) is 3.47. The predicted octanol–water partition coefficient (Wildman–Crippen LogP) is 3.45. The molecular formula is C23H33FIN5. The van der Waals surface area contributed by atoms with E-state index in [-0.39, 0.29) is 29.8 Å². The third-order valence-electron chi connectivity index (χ3n) is 5.30. The molecule has 3 rings (SSSR count). The van der Waals surface area contributed by atoms with E-state index in [9.17, 15) is 4.39 Å². The predicted molar refractivity (Wildman–Crippen MR) is 133 cm³/mol. The van der Waals surface area contributed by atoms with Crippen LogP contribution in [0.2, 0.25) is 0 Å². The Morgan fingerprint density at radius 2 is 1.43 bits per heavy atom. The number of rotatable bonds is 6. The van der Waals surface area contributed by atoms with Crippen LogP contribution in [0.25, 0.3) is 0 Å². The number of halogens is 2. The molecule has 0 amide bonds. The van der Waals surface area contributed by atoms with Crippen LogP contribution in [0, 0.1) is 5.82 Å². The van der Waals surface area contributed by atoms with Gasteiger partial charge in [0.15, 0.2) is 5.96 Å². The zero-order valence-corrected chi connectivity index (χ0v) is 20.2. The van der Waals surface area contributed by atoms with Gasteiger partial charge in [0.05, 0.1) is 0 Å². The van der Waals surface area contributed by atoms with E-state index in [4.69, 9.17) is 0 Å². The van der Waals surface area contributed by atoms with Crippen LogP contribution in [0.15, 0.2) is 53.5 Å². The number of hydrogen-bond donors (Lipinski definition) is 2. The van der Waals surface area contributed by atoms with Gasteiger partial charge in [0.1, 0.15) is 5.82 Å². The Labute approximate surface area is 196 Å². The average Bonchev–Trinajstić information content (AvgIpc) is 2.94. The molecule has 1 saturated heterocycles. The first-order chi connectivity index (χ1) is 14.1. The van der Waals surface area contributed by atoms with Crippen molar-refractivity contribution in [2.45, 2.75) is 26.1 Å². The highest BCUT2D eigenvalue weighted by Gasteiger charge is 2.12. The molecule has 0 saturated carbocycles. The lowest BCUT2D eigenvalue weighted by atomic mass is 10.1. The number of hydrogen-bond acceptors (Lipinski definition) is 3. The van der Waals surface area contributed by atoms with Crippen LogP contribution in [0.3, 0.4) is 0 Å². The molecule has 0 aliphatic carbocycles. The summed E-state index contributed by atoms with van der Waals surface area (Å²) in [4.78, 5) is 9.20. The van der Waals surface area contributed by atoms with Gasteiger partial charge in [-0.05, 0) is 55.4 Å². The van der Waals surface area contributed by atoms with Gasteiger partial charge in [0.2, 0.25) is 0 Å². The first-order valence-corrected chi connectivity index (χ1v) is 10.3. The van der Waals surface area contributed by atoms with Crippen molar-refractivity contribution in [2.75, 3.05) is 40.3 Å². The maximum absolute atomic E-state index is 13.0. The Bertz CT molecular complexity index is 779. The highest BCUT2D eigenvalue weighted by molar-refractivity contribution is 14.0. The molecule has 1 fully saturated rings. The molecule has 2 aromatic rings. The Morgan fingerprint density at radius 1 is 0.867 bits per heavy atom. The van der Waals surface area contributed by atoms with Gasteiger partial charge < -0.3 is 15.5 Å². The summed E-state index contributed by atoms with van der Waals surface area (Å²) in [6.45, 7) is 6.97. The van der Waals surface area contributed by atoms with Gasteiger partial charge in [-0.25, -0.2) is 4.39 Å². The van der Waals surface area contributed by atoms with Crippen molar-refractivity contribution < 1.29 is 4.39 Å². The second-order valence-electron chi connectivity index (χ2n) is 7.66. The fraction of sp³-hybridized carbons (Fsp3) is 0.435. The van der Waals surface area contributed by atoms with E-state index in [1.165, 1.54) is 42.8 Å². The van der Waals surface area contributed by atoms with E-state index < -0.39 is 0 Å². The first-order valence-electron chi connectivity index (χ1n) is 10.3. The molecule has 1 aliphatic heterocycles. The van der Waals surface area contributed by atoms with Crippen LogP contribution < -0.4 is 10.6 Å². The lowest BCUT2D eigenvalue weighted by Crippen LogP contribution is -2.36. The Morgan fingerprint density at radius 3 is 2.03 bits per heavy atom. The van der Waals surface area contributed by atoms with Crippen LogP contribution >= 0.6 is 24.0 Å². The van der Waals surface area contributed by atoms with Gasteiger partial charge in [-0.3, -0.25) is 9.89 Å². The molecule has 5 nitrogen and oxygen atoms in total. The molecule has 0 bridgehead atoms. The van der Waals surface area contributed by atoms with Crippen LogP contribution in [0.1, 0.15) is 23.1 Å². The summed E-state index contributed by atoms with van der Waals surface area (Å²) in [6, 6.07) is 15.3. The molecule has 1 heterocycles. The lowest BCUT2D eigenvalue weighted by Gasteiger charge is -2.20. The second kappa shape index (κ2) is 12.9. The van der Waals surface area contributed by atoms with Gasteiger partial charge in [0.25, 0.3) is 0 Å². The molecule has 7 heteroatoms. The van der Waals surface area contributed by atoms with Crippen LogP contribution in [-0.2, 0) is 19.6 Å². The van der Waals surface area contributed by atoms with Gasteiger partial charge >= 0.3 is 0 Å². The maximum Gasteiger partial charge on any atom is 0.191 e. The minimum Gasteiger partial charge on any atom is -0.352 e. The largest absolute Gasteiger partial charge is 0.352 e. The fourth-order valence-electron chi connectivity index (χ4n) is 3.47. The van der Waals surface area contributed by atoms with Crippen molar-refractivity contribution in [3.8, 4) is 0 Å². The molecule has 0 unspecified atom stereocenters. The lowest BCUT2D eigenvalue weighted by molar-refractivity contribution is 0.269. The highest BCUT2D eigenvalue weighted by Crippen LogP contribution is 2.10. The van der Waals surface area contributed by atoms with E-state index in [0.29, 0.717) is 13.1 Å². The molecule has 2 aromatic carbocycles. The number of nitrogens with zero attached hydrogens (tertiary/aromatic N) is 3. The Balaban J connectivity index is 0.00000320. The number of nitrogens with one attached hydrogen (secondary N) is 2. The van der Waals surface area contributed by atoms with Crippen molar-refractivity contribution >= 4 is 29.9 Å². The van der Waals surface area contributed by atoms with Crippen LogP contribution in [-0.4, -0.2) is 56.0 Å². The molecule has 0 atom stereocenters. The quantitative estimate of drug-likeness (QED) is 0.345. The number of likely N-dealkylation sites (N-methyl/N-ethyl adjacent to an activating group) is 1. The molecule has 164 valence electrons. The second-order valence-corrected chi connectivity index (χ2v) is 7.66. The van der Waals surface area contributed by atoms with Crippen molar-refractivity contribution in [1.29, 1.82) is 0 Å². The van der Waals surface area contributed by atoms with Gasteiger partial charge in [0, 0.05) is 39.8 Å². The summed E-state index contributed by atoms with van der Waals surface area (Å²) in [5.74, 6) is 0.509. The number of aliphatic imine (C=N–C) groups is 1. The van der Waals surface area contributed by atoms with E-state index in [1.807, 2.05) is 0 Å². The zero-order valence-electron chi connectivity index (χ0n) is 17.9. The molecule has 0 radical (unpaired) electrons. The van der Waals surface area contributed by atoms with Crippen molar-refractivity contribution in [3.05, 3.63) is 71.0 Å². The maximum atomic E-state index is 13.0. The van der Waals surface area contributed by atoms with Gasteiger partial charge in [-0.2, -0.15) is 0 Å². The minimum absolute atomic E-state index is 0. The molecule has 30 heavy (non-hydrogen) atoms. The van der Waals surface area contributed by atoms with Crippen molar-refractivity contribution in [1.82, 2.24) is 20.4 Å². The Hall–Kier alpha value is -1.71. The molecule has 1 aliphatic rings. The normalized spacial score (nSPS) is 15.9. The van der Waals surface area contributed by atoms with Crippen molar-refractivity contribution in [3.63, 3.8) is 0 Å². The molecule has 2 N–H and O–H groups in total. The molecular weight excluding hydrogens is 492 g/mol. The van der Waals surface area contributed by atoms with Gasteiger partial charge in [-0.1, -0.05) is 36.4 Å². The topological polar surface area (TPSA) is 42.9 Å². The Kier molecular flexibility index (Phi) is 10.5. The summed E-state index contributed by atoms with van der Waals surface area (Å²) in [5.41, 5.74) is 3.59. The SMILES string of the molecule is CN=C(NCc1ccc(F)cc1)NCc1ccc(CN2CCCN(C)CC2)cc1.I. The smallest absolute Gasteiger partial charge is 0.191 e. The molecule has 0 aromatic heterocycles. The average molecular weight is 525 g/mol. The van der Waals surface area contributed by atoms with E-state index in [1.54, 1.807) is 19.2 Å².